The monoisotopic (exact) mass is 454 g/mol. The van der Waals surface area contributed by atoms with Crippen LogP contribution >= 0.6 is 0 Å². The number of ether oxygens (including phenoxy) is 1. The summed E-state index contributed by atoms with van der Waals surface area (Å²) in [7, 11) is -3.20. The topological polar surface area (TPSA) is 118 Å². The van der Waals surface area contributed by atoms with Gasteiger partial charge in [-0.1, -0.05) is 6.07 Å². The van der Waals surface area contributed by atoms with E-state index >= 15 is 0 Å². The van der Waals surface area contributed by atoms with Gasteiger partial charge in [0.05, 0.1) is 18.1 Å². The quantitative estimate of drug-likeness (QED) is 0.583. The molecule has 1 aliphatic heterocycles. The largest absolute Gasteiger partial charge is 0.432 e. The summed E-state index contributed by atoms with van der Waals surface area (Å²) in [5.74, 6) is 1.09. The van der Waals surface area contributed by atoms with Gasteiger partial charge < -0.3 is 15.4 Å². The first kappa shape index (κ1) is 21.6. The van der Waals surface area contributed by atoms with Crippen molar-refractivity contribution in [1.29, 1.82) is 0 Å². The second-order valence-corrected chi connectivity index (χ2v) is 9.61. The number of sulfonamides is 1. The average molecular weight is 455 g/mol. The van der Waals surface area contributed by atoms with Gasteiger partial charge in [-0.15, -0.1) is 0 Å². The lowest BCUT2D eigenvalue weighted by Crippen LogP contribution is -2.36. The van der Waals surface area contributed by atoms with Gasteiger partial charge in [0.1, 0.15) is 5.82 Å². The third-order valence-electron chi connectivity index (χ3n) is 5.46. The minimum Gasteiger partial charge on any atom is -0.432 e. The minimum absolute atomic E-state index is 0.0367. The highest BCUT2D eigenvalue weighted by atomic mass is 32.2. The number of pyridine rings is 1. The van der Waals surface area contributed by atoms with Crippen molar-refractivity contribution in [2.45, 2.75) is 50.3 Å². The lowest BCUT2D eigenvalue weighted by atomic mass is 9.99. The number of anilines is 2. The van der Waals surface area contributed by atoms with Gasteiger partial charge in [-0.25, -0.2) is 28.1 Å². The number of hydrogen-bond donors (Lipinski definition) is 3. The van der Waals surface area contributed by atoms with E-state index in [9.17, 15) is 17.2 Å². The SMILES string of the molecule is O=S1(=O)CC(c2ccc(N[C@H]3CC[C@H](Nc4ncc(OC(F)F)cn4)C3)nc2)CCN1. The number of halogens is 2. The number of alkyl halides is 2. The predicted octanol–water partition coefficient (Wildman–Crippen LogP) is 2.32. The summed E-state index contributed by atoms with van der Waals surface area (Å²) in [6.45, 7) is -2.45. The Kier molecular flexibility index (Phi) is 6.46. The lowest BCUT2D eigenvalue weighted by Gasteiger charge is -2.23. The van der Waals surface area contributed by atoms with E-state index in [0.29, 0.717) is 12.5 Å². The maximum Gasteiger partial charge on any atom is 0.387 e. The van der Waals surface area contributed by atoms with E-state index < -0.39 is 16.6 Å². The zero-order valence-electron chi connectivity index (χ0n) is 16.7. The molecule has 4 rings (SSSR count). The second kappa shape index (κ2) is 9.27. The molecule has 9 nitrogen and oxygen atoms in total. The smallest absolute Gasteiger partial charge is 0.387 e. The van der Waals surface area contributed by atoms with Gasteiger partial charge in [0.25, 0.3) is 0 Å². The Morgan fingerprint density at radius 1 is 1.03 bits per heavy atom. The Balaban J connectivity index is 1.27. The summed E-state index contributed by atoms with van der Waals surface area (Å²) in [5, 5.41) is 6.62. The van der Waals surface area contributed by atoms with Crippen LogP contribution in [0.2, 0.25) is 0 Å². The van der Waals surface area contributed by atoms with Gasteiger partial charge in [0.2, 0.25) is 16.0 Å². The van der Waals surface area contributed by atoms with Gasteiger partial charge in [-0.2, -0.15) is 8.78 Å². The Hall–Kier alpha value is -2.60. The number of rotatable bonds is 7. The van der Waals surface area contributed by atoms with Crippen LogP contribution in [0, 0.1) is 0 Å². The molecule has 12 heteroatoms. The fraction of sp³-hybridized carbons (Fsp3) is 0.526. The first-order valence-electron chi connectivity index (χ1n) is 10.1. The van der Waals surface area contributed by atoms with Crippen LogP contribution in [0.15, 0.2) is 30.7 Å². The first-order valence-corrected chi connectivity index (χ1v) is 11.7. The summed E-state index contributed by atoms with van der Waals surface area (Å²) in [6, 6.07) is 4.19. The predicted molar refractivity (Wildman–Crippen MR) is 111 cm³/mol. The molecule has 1 saturated carbocycles. The fourth-order valence-electron chi connectivity index (χ4n) is 3.98. The average Bonchev–Trinajstić information content (AvgIpc) is 3.15. The van der Waals surface area contributed by atoms with Crippen LogP contribution in [-0.4, -0.2) is 54.4 Å². The van der Waals surface area contributed by atoms with Crippen LogP contribution in [0.3, 0.4) is 0 Å². The van der Waals surface area contributed by atoms with Crippen molar-refractivity contribution in [3.63, 3.8) is 0 Å². The van der Waals surface area contributed by atoms with E-state index in [1.807, 2.05) is 12.1 Å². The van der Waals surface area contributed by atoms with E-state index in [0.717, 1.165) is 37.1 Å². The molecular weight excluding hydrogens is 430 g/mol. The molecule has 0 bridgehead atoms. The first-order chi connectivity index (χ1) is 14.9. The van der Waals surface area contributed by atoms with Crippen molar-refractivity contribution in [1.82, 2.24) is 19.7 Å². The van der Waals surface area contributed by atoms with Crippen molar-refractivity contribution in [2.24, 2.45) is 0 Å². The van der Waals surface area contributed by atoms with Crippen LogP contribution < -0.4 is 20.1 Å². The van der Waals surface area contributed by atoms with Crippen LogP contribution in [0.1, 0.15) is 37.2 Å². The zero-order valence-corrected chi connectivity index (χ0v) is 17.5. The van der Waals surface area contributed by atoms with Crippen molar-refractivity contribution < 1.29 is 21.9 Å². The molecule has 3 atom stereocenters. The fourth-order valence-corrected chi connectivity index (χ4v) is 5.42. The molecule has 31 heavy (non-hydrogen) atoms. The highest BCUT2D eigenvalue weighted by Crippen LogP contribution is 2.27. The molecule has 3 N–H and O–H groups in total. The molecule has 3 heterocycles. The van der Waals surface area contributed by atoms with Gasteiger partial charge in [0.15, 0.2) is 5.75 Å². The van der Waals surface area contributed by atoms with Crippen molar-refractivity contribution in [2.75, 3.05) is 22.9 Å². The molecule has 2 aromatic rings. The second-order valence-electron chi connectivity index (χ2n) is 7.75. The Morgan fingerprint density at radius 2 is 1.77 bits per heavy atom. The molecule has 1 saturated heterocycles. The molecule has 0 radical (unpaired) electrons. The van der Waals surface area contributed by atoms with E-state index in [1.54, 1.807) is 6.20 Å². The third-order valence-corrected chi connectivity index (χ3v) is 6.95. The van der Waals surface area contributed by atoms with Crippen molar-refractivity contribution in [3.05, 3.63) is 36.3 Å². The molecule has 1 unspecified atom stereocenters. The molecule has 0 spiro atoms. The molecule has 168 valence electrons. The van der Waals surface area contributed by atoms with Gasteiger partial charge in [-0.05, 0) is 37.3 Å². The molecule has 2 aliphatic rings. The van der Waals surface area contributed by atoms with Gasteiger partial charge >= 0.3 is 6.61 Å². The highest BCUT2D eigenvalue weighted by molar-refractivity contribution is 7.89. The van der Waals surface area contributed by atoms with Crippen LogP contribution in [-0.2, 0) is 10.0 Å². The van der Waals surface area contributed by atoms with Gasteiger partial charge in [0, 0.05) is 30.7 Å². The molecule has 1 aliphatic carbocycles. The Morgan fingerprint density at radius 3 is 2.42 bits per heavy atom. The summed E-state index contributed by atoms with van der Waals surface area (Å²) in [5.41, 5.74) is 0.929. The molecule has 2 aromatic heterocycles. The minimum atomic E-state index is -3.20. The lowest BCUT2D eigenvalue weighted by molar-refractivity contribution is -0.0503. The molecular formula is C19H24F2N6O3S. The number of hydrogen-bond acceptors (Lipinski definition) is 8. The highest BCUT2D eigenvalue weighted by Gasteiger charge is 2.27. The summed E-state index contributed by atoms with van der Waals surface area (Å²) in [4.78, 5) is 12.5. The van der Waals surface area contributed by atoms with Gasteiger partial charge in [-0.3, -0.25) is 0 Å². The van der Waals surface area contributed by atoms with E-state index in [2.05, 4.69) is 35.0 Å². The standard InChI is InChI=1S/C19H24F2N6O3S/c20-18(21)30-16-9-23-19(24-10-16)27-15-3-2-14(7-15)26-17-4-1-12(8-22-17)13-5-6-25-31(28,29)11-13/h1,4,8-10,13-15,18,25H,2-3,5-7,11H2,(H,22,26)(H,23,24,27)/t13?,14-,15-/m0/s1. The van der Waals surface area contributed by atoms with Crippen LogP contribution in [0.5, 0.6) is 5.75 Å². The Labute approximate surface area is 179 Å². The number of nitrogens with one attached hydrogen (secondary N) is 3. The Bertz CT molecular complexity index is 975. The maximum atomic E-state index is 12.2. The maximum absolute atomic E-state index is 12.2. The van der Waals surface area contributed by atoms with E-state index in [-0.39, 0.29) is 29.5 Å². The zero-order chi connectivity index (χ0) is 21.8. The normalized spacial score (nSPS) is 25.3. The van der Waals surface area contributed by atoms with Crippen molar-refractivity contribution >= 4 is 21.8 Å². The molecule has 2 fully saturated rings. The van der Waals surface area contributed by atoms with Crippen LogP contribution in [0.4, 0.5) is 20.5 Å². The van der Waals surface area contributed by atoms with Crippen LogP contribution in [0.25, 0.3) is 0 Å². The third kappa shape index (κ3) is 5.97. The van der Waals surface area contributed by atoms with Crippen molar-refractivity contribution in [3.8, 4) is 5.75 Å². The summed E-state index contributed by atoms with van der Waals surface area (Å²) < 4.78 is 54.7. The number of aromatic nitrogens is 3. The molecule has 0 amide bonds. The van der Waals surface area contributed by atoms with E-state index in [1.165, 1.54) is 12.4 Å². The van der Waals surface area contributed by atoms with E-state index in [4.69, 9.17) is 0 Å². The summed E-state index contributed by atoms with van der Waals surface area (Å²) in [6.07, 6.45) is 7.60. The summed E-state index contributed by atoms with van der Waals surface area (Å²) >= 11 is 0. The molecule has 0 aromatic carbocycles. The number of nitrogens with zero attached hydrogens (tertiary/aromatic N) is 3.